The highest BCUT2D eigenvalue weighted by atomic mass is 16.5. The van der Waals surface area contributed by atoms with E-state index in [4.69, 9.17) is 8.94 Å². The molecule has 0 radical (unpaired) electrons. The number of carbonyl (C=O) groups excluding carboxylic acids is 1. The summed E-state index contributed by atoms with van der Waals surface area (Å²) in [6, 6.07) is 3.85. The van der Waals surface area contributed by atoms with Crippen molar-refractivity contribution in [3.8, 4) is 0 Å². The second-order valence-corrected chi connectivity index (χ2v) is 6.26. The van der Waals surface area contributed by atoms with Crippen molar-refractivity contribution in [2.24, 2.45) is 0 Å². The van der Waals surface area contributed by atoms with Crippen LogP contribution in [0.4, 0.5) is 0 Å². The number of carbonyl (C=O) groups is 1. The highest BCUT2D eigenvalue weighted by Gasteiger charge is 2.21. The normalized spacial score (nSPS) is 12.7. The monoisotopic (exact) mass is 348 g/mol. The first-order valence-electron chi connectivity index (χ1n) is 8.91. The molecule has 0 spiro atoms. The van der Waals surface area contributed by atoms with Crippen LogP contribution in [0.2, 0.25) is 0 Å². The molecule has 0 aliphatic heterocycles. The maximum atomic E-state index is 12.2. The molecule has 0 aromatic carbocycles. The third kappa shape index (κ3) is 5.42. The number of nitrogens with one attached hydrogen (secondary N) is 1. The van der Waals surface area contributed by atoms with Crippen LogP contribution in [0.25, 0.3) is 0 Å². The van der Waals surface area contributed by atoms with Crippen LogP contribution < -0.4 is 5.32 Å². The predicted octanol–water partition coefficient (Wildman–Crippen LogP) is 2.92. The minimum Gasteiger partial charge on any atom is -0.468 e. The SMILES string of the molecule is CCN(CC)[C@H](CNC(=O)CCc1nc(C(C)C)no1)c1ccco1. The first kappa shape index (κ1) is 19.2. The lowest BCUT2D eigenvalue weighted by Gasteiger charge is -2.28. The number of aromatic nitrogens is 2. The van der Waals surface area contributed by atoms with Crippen molar-refractivity contribution in [2.75, 3.05) is 19.6 Å². The average molecular weight is 348 g/mol. The Morgan fingerprint density at radius 2 is 2.08 bits per heavy atom. The van der Waals surface area contributed by atoms with E-state index in [-0.39, 0.29) is 17.9 Å². The standard InChI is InChI=1S/C18H28N4O3/c1-5-22(6-2)14(15-8-7-11-24-15)12-19-16(23)9-10-17-20-18(13(3)4)21-25-17/h7-8,11,13-14H,5-6,9-10,12H2,1-4H3,(H,19,23)/t14-/m1/s1. The van der Waals surface area contributed by atoms with Crippen LogP contribution >= 0.6 is 0 Å². The van der Waals surface area contributed by atoms with Gasteiger partial charge in [0.15, 0.2) is 5.82 Å². The van der Waals surface area contributed by atoms with E-state index in [0.29, 0.717) is 31.1 Å². The van der Waals surface area contributed by atoms with Gasteiger partial charge in [-0.3, -0.25) is 9.69 Å². The van der Waals surface area contributed by atoms with Crippen molar-refractivity contribution in [3.05, 3.63) is 35.9 Å². The Morgan fingerprint density at radius 1 is 1.32 bits per heavy atom. The summed E-state index contributed by atoms with van der Waals surface area (Å²) < 4.78 is 10.7. The van der Waals surface area contributed by atoms with Crippen LogP contribution in [0.3, 0.4) is 0 Å². The van der Waals surface area contributed by atoms with Gasteiger partial charge in [0.1, 0.15) is 5.76 Å². The number of rotatable bonds is 10. The number of likely N-dealkylation sites (N-methyl/N-ethyl adjacent to an activating group) is 1. The largest absolute Gasteiger partial charge is 0.468 e. The van der Waals surface area contributed by atoms with Crippen molar-refractivity contribution < 1.29 is 13.7 Å². The fourth-order valence-corrected chi connectivity index (χ4v) is 2.68. The average Bonchev–Trinajstić information content (AvgIpc) is 3.28. The van der Waals surface area contributed by atoms with E-state index < -0.39 is 0 Å². The first-order valence-corrected chi connectivity index (χ1v) is 8.91. The van der Waals surface area contributed by atoms with Crippen LogP contribution in [0.5, 0.6) is 0 Å². The number of aryl methyl sites for hydroxylation is 1. The maximum Gasteiger partial charge on any atom is 0.227 e. The lowest BCUT2D eigenvalue weighted by atomic mass is 10.1. The number of furan rings is 1. The first-order chi connectivity index (χ1) is 12.0. The fraction of sp³-hybridized carbons (Fsp3) is 0.611. The van der Waals surface area contributed by atoms with Gasteiger partial charge < -0.3 is 14.3 Å². The summed E-state index contributed by atoms with van der Waals surface area (Å²) in [6.45, 7) is 10.5. The molecule has 1 amide bonds. The maximum absolute atomic E-state index is 12.2. The molecule has 0 saturated heterocycles. The van der Waals surface area contributed by atoms with Gasteiger partial charge in [-0.1, -0.05) is 32.9 Å². The van der Waals surface area contributed by atoms with E-state index in [9.17, 15) is 4.79 Å². The number of hydrogen-bond acceptors (Lipinski definition) is 6. The molecule has 0 unspecified atom stereocenters. The lowest BCUT2D eigenvalue weighted by molar-refractivity contribution is -0.121. The molecule has 2 aromatic heterocycles. The van der Waals surface area contributed by atoms with Gasteiger partial charge in [-0.25, -0.2) is 0 Å². The van der Waals surface area contributed by atoms with Gasteiger partial charge in [0.25, 0.3) is 0 Å². The molecule has 25 heavy (non-hydrogen) atoms. The summed E-state index contributed by atoms with van der Waals surface area (Å²) in [5.74, 6) is 2.23. The van der Waals surface area contributed by atoms with E-state index >= 15 is 0 Å². The van der Waals surface area contributed by atoms with E-state index in [1.165, 1.54) is 0 Å². The summed E-state index contributed by atoms with van der Waals surface area (Å²) >= 11 is 0. The zero-order valence-electron chi connectivity index (χ0n) is 15.5. The van der Waals surface area contributed by atoms with Crippen LogP contribution in [0.15, 0.2) is 27.3 Å². The second kappa shape index (κ2) is 9.36. The summed E-state index contributed by atoms with van der Waals surface area (Å²) in [5, 5.41) is 6.90. The highest BCUT2D eigenvalue weighted by Crippen LogP contribution is 2.20. The molecular formula is C18H28N4O3. The fourth-order valence-electron chi connectivity index (χ4n) is 2.68. The smallest absolute Gasteiger partial charge is 0.227 e. The summed E-state index contributed by atoms with van der Waals surface area (Å²) in [6.07, 6.45) is 2.43. The molecule has 2 aromatic rings. The molecule has 0 bridgehead atoms. The molecule has 0 aliphatic rings. The predicted molar refractivity (Wildman–Crippen MR) is 94.1 cm³/mol. The summed E-state index contributed by atoms with van der Waals surface area (Å²) in [5.41, 5.74) is 0. The van der Waals surface area contributed by atoms with Gasteiger partial charge in [-0.05, 0) is 25.2 Å². The van der Waals surface area contributed by atoms with E-state index in [1.807, 2.05) is 26.0 Å². The molecule has 0 aliphatic carbocycles. The lowest BCUT2D eigenvalue weighted by Crippen LogP contribution is -2.38. The summed E-state index contributed by atoms with van der Waals surface area (Å²) in [4.78, 5) is 18.7. The second-order valence-electron chi connectivity index (χ2n) is 6.26. The molecule has 1 atom stereocenters. The van der Waals surface area contributed by atoms with Crippen molar-refractivity contribution in [1.82, 2.24) is 20.4 Å². The molecule has 1 N–H and O–H groups in total. The van der Waals surface area contributed by atoms with Gasteiger partial charge in [-0.15, -0.1) is 0 Å². The summed E-state index contributed by atoms with van der Waals surface area (Å²) in [7, 11) is 0. The van der Waals surface area contributed by atoms with Gasteiger partial charge in [0, 0.05) is 25.3 Å². The van der Waals surface area contributed by atoms with Gasteiger partial charge in [-0.2, -0.15) is 4.98 Å². The Labute approximate surface area is 148 Å². The van der Waals surface area contributed by atoms with Gasteiger partial charge in [0.2, 0.25) is 11.8 Å². The number of amides is 1. The van der Waals surface area contributed by atoms with Gasteiger partial charge >= 0.3 is 0 Å². The molecule has 2 rings (SSSR count). The zero-order valence-corrected chi connectivity index (χ0v) is 15.5. The van der Waals surface area contributed by atoms with E-state index in [0.717, 1.165) is 18.8 Å². The quantitative estimate of drug-likeness (QED) is 0.711. The minimum absolute atomic E-state index is 0.0323. The van der Waals surface area contributed by atoms with Crippen LogP contribution in [-0.2, 0) is 11.2 Å². The highest BCUT2D eigenvalue weighted by molar-refractivity contribution is 5.76. The minimum atomic E-state index is -0.0343. The molecule has 7 heteroatoms. The van der Waals surface area contributed by atoms with E-state index in [2.05, 4.69) is 34.2 Å². The Bertz CT molecular complexity index is 633. The molecular weight excluding hydrogens is 320 g/mol. The Hall–Kier alpha value is -2.15. The Balaban J connectivity index is 1.85. The molecule has 7 nitrogen and oxygen atoms in total. The Kier molecular flexibility index (Phi) is 7.18. The van der Waals surface area contributed by atoms with Crippen LogP contribution in [0.1, 0.15) is 63.6 Å². The van der Waals surface area contributed by atoms with Gasteiger partial charge in [0.05, 0.1) is 12.3 Å². The van der Waals surface area contributed by atoms with E-state index in [1.54, 1.807) is 6.26 Å². The third-order valence-corrected chi connectivity index (χ3v) is 4.18. The molecule has 0 saturated carbocycles. The van der Waals surface area contributed by atoms with Crippen molar-refractivity contribution in [1.29, 1.82) is 0 Å². The zero-order chi connectivity index (χ0) is 18.2. The van der Waals surface area contributed by atoms with Crippen LogP contribution in [-0.4, -0.2) is 40.6 Å². The van der Waals surface area contributed by atoms with Crippen LogP contribution in [0, 0.1) is 0 Å². The topological polar surface area (TPSA) is 84.4 Å². The van der Waals surface area contributed by atoms with Crippen molar-refractivity contribution in [2.45, 2.75) is 52.5 Å². The van der Waals surface area contributed by atoms with Crippen molar-refractivity contribution >= 4 is 5.91 Å². The molecule has 0 fully saturated rings. The number of hydrogen-bond donors (Lipinski definition) is 1. The molecule has 138 valence electrons. The Morgan fingerprint density at radius 3 is 2.64 bits per heavy atom. The molecule has 2 heterocycles. The number of nitrogens with zero attached hydrogens (tertiary/aromatic N) is 3. The van der Waals surface area contributed by atoms with Crippen molar-refractivity contribution in [3.63, 3.8) is 0 Å². The third-order valence-electron chi connectivity index (χ3n) is 4.18.